The van der Waals surface area contributed by atoms with Gasteiger partial charge in [-0.15, -0.1) is 13.2 Å². The number of para-hydroxylation sites is 1. The molecule has 0 saturated carbocycles. The van der Waals surface area contributed by atoms with Crippen molar-refractivity contribution in [2.45, 2.75) is 84.0 Å². The molecular formula is C27H33F3N4O5. The Kier molecular flexibility index (Phi) is 9.08. The topological polar surface area (TPSA) is 110 Å². The van der Waals surface area contributed by atoms with Crippen LogP contribution in [0.3, 0.4) is 0 Å². The first-order valence-corrected chi connectivity index (χ1v) is 12.5. The first kappa shape index (κ1) is 29.7. The van der Waals surface area contributed by atoms with Crippen LogP contribution in [-0.2, 0) is 27.2 Å². The molecule has 0 radical (unpaired) electrons. The number of halogens is 3. The zero-order valence-electron chi connectivity index (χ0n) is 22.5. The van der Waals surface area contributed by atoms with Gasteiger partial charge in [-0.25, -0.2) is 9.78 Å². The summed E-state index contributed by atoms with van der Waals surface area (Å²) < 4.78 is 48.3. The number of alkyl carbamates (subject to hydrolysis) is 1. The van der Waals surface area contributed by atoms with E-state index in [0.29, 0.717) is 12.2 Å². The van der Waals surface area contributed by atoms with Crippen molar-refractivity contribution in [1.82, 2.24) is 15.6 Å². The number of hydrogen-bond donors (Lipinski definition) is 2. The van der Waals surface area contributed by atoms with Gasteiger partial charge in [0.25, 0.3) is 5.91 Å². The average molecular weight is 551 g/mol. The van der Waals surface area contributed by atoms with E-state index in [0.717, 1.165) is 11.6 Å². The molecule has 0 fully saturated rings. The van der Waals surface area contributed by atoms with E-state index in [9.17, 15) is 27.6 Å². The van der Waals surface area contributed by atoms with E-state index in [1.807, 2.05) is 19.9 Å². The Morgan fingerprint density at radius 3 is 2.46 bits per heavy atom. The minimum absolute atomic E-state index is 0.0265. The van der Waals surface area contributed by atoms with Crippen LogP contribution >= 0.6 is 0 Å². The molecule has 9 nitrogen and oxygen atoms in total. The maximum atomic E-state index is 13.5. The highest BCUT2D eigenvalue weighted by Crippen LogP contribution is 2.28. The molecule has 1 aromatic carbocycles. The van der Waals surface area contributed by atoms with E-state index >= 15 is 0 Å². The molecule has 0 bridgehead atoms. The summed E-state index contributed by atoms with van der Waals surface area (Å²) in [5, 5.41) is 5.13. The standard InChI is InChI=1S/C27H33F3N4O5/c1-16(2)34-22-17(10-8-14-31-22)12-13-19(24(34)36)32-23(35)20(33-25(37)39-26(3,4)5)15-18-9-6-7-11-21(18)38-27(28,29)30/h6-11,14,16,19-20H,12-13,15H2,1-5H3,(H,32,35)(H,33,37)/t19?,20-/m1/s1. The van der Waals surface area contributed by atoms with Gasteiger partial charge in [-0.05, 0) is 70.7 Å². The van der Waals surface area contributed by atoms with Gasteiger partial charge in [-0.1, -0.05) is 24.3 Å². The molecule has 12 heteroatoms. The number of carbonyl (C=O) groups excluding carboxylic acids is 3. The maximum absolute atomic E-state index is 13.5. The highest BCUT2D eigenvalue weighted by Gasteiger charge is 2.36. The first-order valence-electron chi connectivity index (χ1n) is 12.5. The lowest BCUT2D eigenvalue weighted by molar-refractivity contribution is -0.274. The van der Waals surface area contributed by atoms with Gasteiger partial charge in [0.2, 0.25) is 5.91 Å². The Balaban J connectivity index is 1.88. The van der Waals surface area contributed by atoms with Crippen LogP contribution in [-0.4, -0.2) is 53.0 Å². The Morgan fingerprint density at radius 2 is 1.82 bits per heavy atom. The fraction of sp³-hybridized carbons (Fsp3) is 0.481. The maximum Gasteiger partial charge on any atom is 0.573 e. The second kappa shape index (κ2) is 11.9. The molecule has 0 saturated heterocycles. The number of aromatic nitrogens is 1. The zero-order chi connectivity index (χ0) is 29.0. The largest absolute Gasteiger partial charge is 0.573 e. The molecule has 0 spiro atoms. The molecule has 3 amide bonds. The summed E-state index contributed by atoms with van der Waals surface area (Å²) in [5.41, 5.74) is -0.0208. The predicted octanol–water partition coefficient (Wildman–Crippen LogP) is 4.29. The number of alkyl halides is 3. The smallest absolute Gasteiger partial charge is 0.444 e. The van der Waals surface area contributed by atoms with Gasteiger partial charge in [0.1, 0.15) is 29.3 Å². The molecule has 2 N–H and O–H groups in total. The quantitative estimate of drug-likeness (QED) is 0.533. The minimum atomic E-state index is -4.96. The average Bonchev–Trinajstić information content (AvgIpc) is 2.94. The van der Waals surface area contributed by atoms with Crippen molar-refractivity contribution in [1.29, 1.82) is 0 Å². The van der Waals surface area contributed by atoms with Crippen molar-refractivity contribution >= 4 is 23.7 Å². The summed E-state index contributed by atoms with van der Waals surface area (Å²) in [4.78, 5) is 45.4. The normalized spacial score (nSPS) is 16.7. The second-order valence-electron chi connectivity index (χ2n) is 10.4. The van der Waals surface area contributed by atoms with Crippen molar-refractivity contribution in [3.63, 3.8) is 0 Å². The molecule has 2 aromatic rings. The fourth-order valence-electron chi connectivity index (χ4n) is 4.22. The van der Waals surface area contributed by atoms with E-state index in [1.165, 1.54) is 23.1 Å². The number of hydrogen-bond acceptors (Lipinski definition) is 6. The van der Waals surface area contributed by atoms with Crippen LogP contribution < -0.4 is 20.3 Å². The van der Waals surface area contributed by atoms with E-state index in [1.54, 1.807) is 33.0 Å². The number of fused-ring (bicyclic) bond motifs is 1. The fourth-order valence-corrected chi connectivity index (χ4v) is 4.22. The molecule has 2 atom stereocenters. The molecule has 2 heterocycles. The molecule has 1 aliphatic heterocycles. The number of carbonyl (C=O) groups is 3. The summed E-state index contributed by atoms with van der Waals surface area (Å²) in [7, 11) is 0. The number of rotatable bonds is 7. The Morgan fingerprint density at radius 1 is 1.13 bits per heavy atom. The Hall–Kier alpha value is -3.83. The van der Waals surface area contributed by atoms with Crippen molar-refractivity contribution in [2.75, 3.05) is 4.90 Å². The van der Waals surface area contributed by atoms with Crippen LogP contribution in [0.25, 0.3) is 0 Å². The number of benzene rings is 1. The summed E-state index contributed by atoms with van der Waals surface area (Å²) in [6, 6.07) is 6.36. The number of pyridine rings is 1. The van der Waals surface area contributed by atoms with Gasteiger partial charge in [-0.3, -0.25) is 14.5 Å². The molecule has 3 rings (SSSR count). The number of ether oxygens (including phenoxy) is 2. The van der Waals surface area contributed by atoms with Gasteiger partial charge in [0, 0.05) is 18.7 Å². The summed E-state index contributed by atoms with van der Waals surface area (Å²) in [6.07, 6.45) is -3.95. The van der Waals surface area contributed by atoms with E-state index < -0.39 is 41.8 Å². The highest BCUT2D eigenvalue weighted by molar-refractivity contribution is 6.01. The molecule has 1 aliphatic rings. The van der Waals surface area contributed by atoms with Gasteiger partial charge < -0.3 is 20.1 Å². The van der Waals surface area contributed by atoms with Gasteiger partial charge in [0.05, 0.1) is 0 Å². The van der Waals surface area contributed by atoms with Crippen molar-refractivity contribution < 1.29 is 37.0 Å². The monoisotopic (exact) mass is 550 g/mol. The lowest BCUT2D eigenvalue weighted by atomic mass is 10.0. The third-order valence-corrected chi connectivity index (χ3v) is 5.80. The minimum Gasteiger partial charge on any atom is -0.444 e. The molecular weight excluding hydrogens is 517 g/mol. The van der Waals surface area contributed by atoms with E-state index in [-0.39, 0.29) is 30.4 Å². The predicted molar refractivity (Wildman–Crippen MR) is 137 cm³/mol. The second-order valence-corrected chi connectivity index (χ2v) is 10.4. The third kappa shape index (κ3) is 8.33. The summed E-state index contributed by atoms with van der Waals surface area (Å²) in [5.74, 6) is -1.14. The van der Waals surface area contributed by atoms with Crippen molar-refractivity contribution in [2.24, 2.45) is 0 Å². The molecule has 39 heavy (non-hydrogen) atoms. The van der Waals surface area contributed by atoms with Crippen LogP contribution in [0.2, 0.25) is 0 Å². The zero-order valence-corrected chi connectivity index (χ0v) is 22.5. The van der Waals surface area contributed by atoms with Crippen molar-refractivity contribution in [3.05, 3.63) is 53.7 Å². The van der Waals surface area contributed by atoms with Gasteiger partial charge in [-0.2, -0.15) is 0 Å². The van der Waals surface area contributed by atoms with Gasteiger partial charge in [0.15, 0.2) is 0 Å². The molecule has 212 valence electrons. The number of nitrogens with zero attached hydrogens (tertiary/aromatic N) is 2. The van der Waals surface area contributed by atoms with E-state index in [2.05, 4.69) is 20.4 Å². The third-order valence-electron chi connectivity index (χ3n) is 5.80. The summed E-state index contributed by atoms with van der Waals surface area (Å²) >= 11 is 0. The van der Waals surface area contributed by atoms with Crippen molar-refractivity contribution in [3.8, 4) is 5.75 Å². The molecule has 1 unspecified atom stereocenters. The Bertz CT molecular complexity index is 1200. The molecule has 1 aromatic heterocycles. The number of aryl methyl sites for hydroxylation is 1. The lowest BCUT2D eigenvalue weighted by Crippen LogP contribution is -2.56. The van der Waals surface area contributed by atoms with E-state index in [4.69, 9.17) is 4.74 Å². The van der Waals surface area contributed by atoms with Gasteiger partial charge >= 0.3 is 12.5 Å². The van der Waals surface area contributed by atoms with Crippen LogP contribution in [0.15, 0.2) is 42.6 Å². The first-order chi connectivity index (χ1) is 18.1. The Labute approximate surface area is 225 Å². The number of amides is 3. The van der Waals surface area contributed by atoms with Crippen LogP contribution in [0.4, 0.5) is 23.8 Å². The lowest BCUT2D eigenvalue weighted by Gasteiger charge is -2.29. The van der Waals surface area contributed by atoms with Crippen LogP contribution in [0.5, 0.6) is 5.75 Å². The summed E-state index contributed by atoms with van der Waals surface area (Å²) in [6.45, 7) is 8.54. The van der Waals surface area contributed by atoms with Crippen LogP contribution in [0, 0.1) is 0 Å². The molecule has 0 aliphatic carbocycles. The number of anilines is 1. The number of nitrogens with one attached hydrogen (secondary N) is 2. The van der Waals surface area contributed by atoms with Crippen LogP contribution in [0.1, 0.15) is 52.2 Å². The SMILES string of the molecule is CC(C)N1C(=O)C(NC(=O)[C@@H](Cc2ccccc2OC(F)(F)F)NC(=O)OC(C)(C)C)CCc2cccnc21. The highest BCUT2D eigenvalue weighted by atomic mass is 19.4.